The maximum atomic E-state index is 13.6. The summed E-state index contributed by atoms with van der Waals surface area (Å²) in [4.78, 5) is 27.1. The lowest BCUT2D eigenvalue weighted by molar-refractivity contribution is -0.179. The second kappa shape index (κ2) is 8.04. The molecule has 5 rings (SSSR count). The highest BCUT2D eigenvalue weighted by atomic mass is 16.2. The van der Waals surface area contributed by atoms with Crippen molar-refractivity contribution in [2.45, 2.75) is 117 Å². The Morgan fingerprint density at radius 3 is 1.03 bits per heavy atom. The molecule has 5 aliphatic rings. The first-order chi connectivity index (χ1) is 14.4. The molecule has 0 N–H and O–H groups in total. The molecule has 2 nitrogen and oxygen atoms in total. The van der Waals surface area contributed by atoms with Gasteiger partial charge >= 0.3 is 0 Å². The van der Waals surface area contributed by atoms with Gasteiger partial charge in [-0.3, -0.25) is 9.59 Å². The fourth-order valence-electron chi connectivity index (χ4n) is 8.69. The van der Waals surface area contributed by atoms with Crippen molar-refractivity contribution in [1.82, 2.24) is 0 Å². The van der Waals surface area contributed by atoms with Gasteiger partial charge in [0.1, 0.15) is 0 Å². The summed E-state index contributed by atoms with van der Waals surface area (Å²) in [5.41, 5.74) is -1.07. The zero-order chi connectivity index (χ0) is 20.9. The van der Waals surface area contributed by atoms with Crippen molar-refractivity contribution in [3.63, 3.8) is 0 Å². The van der Waals surface area contributed by atoms with Crippen molar-refractivity contribution in [3.8, 4) is 0 Å². The van der Waals surface area contributed by atoms with Crippen LogP contribution in [0.25, 0.3) is 0 Å². The van der Waals surface area contributed by atoms with Crippen LogP contribution in [0.3, 0.4) is 0 Å². The smallest absolute Gasteiger partial charge is 0.159 e. The highest BCUT2D eigenvalue weighted by molar-refractivity contribution is 6.30. The Hall–Kier alpha value is -0.660. The first-order valence-electron chi connectivity index (χ1n) is 13.5. The summed E-state index contributed by atoms with van der Waals surface area (Å²) >= 11 is 0. The summed E-state index contributed by atoms with van der Waals surface area (Å²) in [5.74, 6) is 5.89. The Morgan fingerprint density at radius 1 is 0.467 bits per heavy atom. The zero-order valence-corrected chi connectivity index (χ0v) is 19.6. The molecule has 0 aliphatic heterocycles. The summed E-state index contributed by atoms with van der Waals surface area (Å²) in [7, 11) is 0. The molecule has 0 aromatic carbocycles. The van der Waals surface area contributed by atoms with Gasteiger partial charge in [-0.25, -0.2) is 0 Å². The van der Waals surface area contributed by atoms with E-state index < -0.39 is 10.8 Å². The Morgan fingerprint density at radius 2 is 0.733 bits per heavy atom. The van der Waals surface area contributed by atoms with Crippen LogP contribution >= 0.6 is 0 Å². The number of hydrogen-bond acceptors (Lipinski definition) is 2. The van der Waals surface area contributed by atoms with Crippen LogP contribution < -0.4 is 0 Å². The SMILES string of the molecule is CC1CCC(C2CCC3(CC2)C(=O)C2(CCC(C4CCC(C)CC4)CC2)C3=O)CC1. The van der Waals surface area contributed by atoms with Crippen LogP contribution in [0, 0.1) is 46.3 Å². The summed E-state index contributed by atoms with van der Waals surface area (Å²) in [6, 6.07) is 0. The van der Waals surface area contributed by atoms with Crippen molar-refractivity contribution in [2.75, 3.05) is 0 Å². The average molecular weight is 413 g/mol. The van der Waals surface area contributed by atoms with Crippen LogP contribution in [0.4, 0.5) is 0 Å². The molecule has 0 heterocycles. The summed E-state index contributed by atoms with van der Waals surface area (Å²) in [6.07, 6.45) is 19.1. The van der Waals surface area contributed by atoms with Crippen LogP contribution in [0.2, 0.25) is 0 Å². The molecular weight excluding hydrogens is 368 g/mol. The van der Waals surface area contributed by atoms with Crippen LogP contribution in [0.1, 0.15) is 117 Å². The Kier molecular flexibility index (Phi) is 5.68. The van der Waals surface area contributed by atoms with Gasteiger partial charge in [0.15, 0.2) is 11.6 Å². The van der Waals surface area contributed by atoms with Crippen molar-refractivity contribution < 1.29 is 9.59 Å². The lowest BCUT2D eigenvalue weighted by Gasteiger charge is -2.58. The van der Waals surface area contributed by atoms with Gasteiger partial charge in [0.05, 0.1) is 10.8 Å². The quantitative estimate of drug-likeness (QED) is 0.451. The first-order valence-corrected chi connectivity index (χ1v) is 13.5. The van der Waals surface area contributed by atoms with E-state index in [1.54, 1.807) is 0 Å². The third-order valence-electron chi connectivity index (χ3n) is 11.0. The number of rotatable bonds is 2. The van der Waals surface area contributed by atoms with Crippen LogP contribution in [0.15, 0.2) is 0 Å². The molecule has 5 fully saturated rings. The van der Waals surface area contributed by atoms with Crippen molar-refractivity contribution >= 4 is 11.6 Å². The number of carbonyl (C=O) groups excluding carboxylic acids is 2. The highest BCUT2D eigenvalue weighted by Crippen LogP contribution is 2.62. The summed E-state index contributed by atoms with van der Waals surface area (Å²) in [5, 5.41) is 0. The van der Waals surface area contributed by atoms with Gasteiger partial charge in [-0.15, -0.1) is 0 Å². The normalized spacial score (nSPS) is 49.9. The lowest BCUT2D eigenvalue weighted by atomic mass is 9.41. The number of hydrogen-bond donors (Lipinski definition) is 0. The standard InChI is InChI=1S/C28H44O2/c1-19-3-7-21(8-4-19)23-11-15-27(16-12-23)25(29)28(26(27)30)17-13-24(14-18-28)22-9-5-20(2)6-10-22/h19-24H,3-18H2,1-2H3. The van der Waals surface area contributed by atoms with Crippen LogP contribution in [-0.4, -0.2) is 11.6 Å². The van der Waals surface area contributed by atoms with Crippen LogP contribution in [0.5, 0.6) is 0 Å². The van der Waals surface area contributed by atoms with E-state index >= 15 is 0 Å². The van der Waals surface area contributed by atoms with Gasteiger partial charge in [0, 0.05) is 0 Å². The Balaban J connectivity index is 1.16. The first kappa shape index (κ1) is 21.2. The molecule has 0 unspecified atom stereocenters. The molecule has 5 saturated carbocycles. The Labute approximate surface area is 184 Å². The lowest BCUT2D eigenvalue weighted by Crippen LogP contribution is -2.68. The minimum Gasteiger partial charge on any atom is -0.297 e. The highest BCUT2D eigenvalue weighted by Gasteiger charge is 2.71. The second-order valence-electron chi connectivity index (χ2n) is 12.5. The van der Waals surface area contributed by atoms with Gasteiger partial charge in [0.2, 0.25) is 0 Å². The second-order valence-corrected chi connectivity index (χ2v) is 12.5. The monoisotopic (exact) mass is 412 g/mol. The molecule has 2 spiro atoms. The molecule has 30 heavy (non-hydrogen) atoms. The maximum absolute atomic E-state index is 13.6. The van der Waals surface area contributed by atoms with Crippen molar-refractivity contribution in [2.24, 2.45) is 46.3 Å². The van der Waals surface area contributed by atoms with Gasteiger partial charge < -0.3 is 0 Å². The van der Waals surface area contributed by atoms with E-state index in [9.17, 15) is 9.59 Å². The van der Waals surface area contributed by atoms with E-state index in [1.807, 2.05) is 0 Å². The molecule has 2 heteroatoms. The zero-order valence-electron chi connectivity index (χ0n) is 19.6. The summed E-state index contributed by atoms with van der Waals surface area (Å²) in [6.45, 7) is 4.78. The van der Waals surface area contributed by atoms with Crippen molar-refractivity contribution in [1.29, 1.82) is 0 Å². The fourth-order valence-corrected chi connectivity index (χ4v) is 8.69. The molecule has 0 bridgehead atoms. The average Bonchev–Trinajstić information content (AvgIpc) is 2.79. The topological polar surface area (TPSA) is 34.1 Å². The van der Waals surface area contributed by atoms with Gasteiger partial charge in [-0.2, -0.15) is 0 Å². The molecule has 0 radical (unpaired) electrons. The predicted octanol–water partition coefficient (Wildman–Crippen LogP) is 7.14. The molecule has 168 valence electrons. The minimum absolute atomic E-state index is 0.395. The molecule has 0 amide bonds. The minimum atomic E-state index is -0.536. The Bertz CT molecular complexity index is 572. The molecule has 0 aromatic rings. The molecular formula is C28H44O2. The van der Waals surface area contributed by atoms with Gasteiger partial charge in [-0.1, -0.05) is 39.5 Å². The fraction of sp³-hybridized carbons (Fsp3) is 0.929. The predicted molar refractivity (Wildman–Crippen MR) is 121 cm³/mol. The van der Waals surface area contributed by atoms with E-state index in [0.717, 1.165) is 86.9 Å². The molecule has 0 aromatic heterocycles. The van der Waals surface area contributed by atoms with Gasteiger partial charge in [-0.05, 0) is 113 Å². The number of Topliss-reactive ketones (excluding diaryl/α,β-unsaturated/α-hetero) is 2. The third kappa shape index (κ3) is 3.34. The third-order valence-corrected chi connectivity index (χ3v) is 11.0. The van der Waals surface area contributed by atoms with E-state index in [1.165, 1.54) is 51.4 Å². The molecule has 0 saturated heterocycles. The van der Waals surface area contributed by atoms with Crippen LogP contribution in [-0.2, 0) is 9.59 Å². The number of carbonyl (C=O) groups is 2. The summed E-state index contributed by atoms with van der Waals surface area (Å²) < 4.78 is 0. The maximum Gasteiger partial charge on any atom is 0.159 e. The largest absolute Gasteiger partial charge is 0.297 e. The molecule has 0 atom stereocenters. The van der Waals surface area contributed by atoms with Gasteiger partial charge in [0.25, 0.3) is 0 Å². The van der Waals surface area contributed by atoms with Crippen molar-refractivity contribution in [3.05, 3.63) is 0 Å². The molecule has 5 aliphatic carbocycles. The van der Waals surface area contributed by atoms with E-state index in [-0.39, 0.29) is 0 Å². The van der Waals surface area contributed by atoms with E-state index in [2.05, 4.69) is 13.8 Å². The number of ketones is 2. The van der Waals surface area contributed by atoms with E-state index in [4.69, 9.17) is 0 Å². The van der Waals surface area contributed by atoms with E-state index in [0.29, 0.717) is 11.6 Å².